The van der Waals surface area contributed by atoms with Crippen molar-refractivity contribution in [1.29, 1.82) is 0 Å². The minimum absolute atomic E-state index is 0.501. The Morgan fingerprint density at radius 3 is 1.62 bits per heavy atom. The van der Waals surface area contributed by atoms with Gasteiger partial charge in [0.25, 0.3) is 0 Å². The van der Waals surface area contributed by atoms with E-state index in [0.717, 1.165) is 18.4 Å². The maximum Gasteiger partial charge on any atom is 0.0962 e. The van der Waals surface area contributed by atoms with E-state index in [1.54, 1.807) is 5.23 Å². The van der Waals surface area contributed by atoms with E-state index in [9.17, 15) is 0 Å². The van der Waals surface area contributed by atoms with Gasteiger partial charge in [-0.05, 0) is 29.5 Å². The molecule has 3 nitrogen and oxygen atoms in total. The van der Waals surface area contributed by atoms with E-state index in [1.807, 2.05) is 30.3 Å². The summed E-state index contributed by atoms with van der Waals surface area (Å²) in [5.74, 6) is 0. The average molecular weight is 347 g/mol. The second kappa shape index (κ2) is 10.5. The molecule has 0 radical (unpaired) electrons. The lowest BCUT2D eigenvalue weighted by molar-refractivity contribution is -0.373. The monoisotopic (exact) mass is 347 g/mol. The van der Waals surface area contributed by atoms with Crippen LogP contribution in [0.3, 0.4) is 0 Å². The first-order valence-corrected chi connectivity index (χ1v) is 9.05. The van der Waals surface area contributed by atoms with Crippen LogP contribution in [0.5, 0.6) is 0 Å². The normalized spacial score (nSPS) is 11.0. The molecule has 0 aliphatic rings. The van der Waals surface area contributed by atoms with Gasteiger partial charge in [0.05, 0.1) is 19.8 Å². The van der Waals surface area contributed by atoms with Gasteiger partial charge >= 0.3 is 0 Å². The summed E-state index contributed by atoms with van der Waals surface area (Å²) in [6, 6.07) is 30.9. The topological polar surface area (TPSA) is 21.7 Å². The standard InChI is InChI=1S/C23H25NO2/c1-4-10-21(11-5-1)16-18-24(26-20-23-14-8-3-9-15-23)25-19-17-22-12-6-2-7-13-22/h1-15H,16-20H2. The second-order valence-corrected chi connectivity index (χ2v) is 6.12. The molecule has 0 aromatic heterocycles. The van der Waals surface area contributed by atoms with Gasteiger partial charge in [-0.1, -0.05) is 96.2 Å². The molecule has 26 heavy (non-hydrogen) atoms. The molecular formula is C23H25NO2. The van der Waals surface area contributed by atoms with E-state index >= 15 is 0 Å². The van der Waals surface area contributed by atoms with Gasteiger partial charge in [-0.3, -0.25) is 9.68 Å². The third-order valence-electron chi connectivity index (χ3n) is 4.11. The smallest absolute Gasteiger partial charge is 0.0962 e. The second-order valence-electron chi connectivity index (χ2n) is 6.12. The Hall–Kier alpha value is -2.46. The molecule has 0 spiro atoms. The average Bonchev–Trinajstić information content (AvgIpc) is 2.72. The highest BCUT2D eigenvalue weighted by molar-refractivity contribution is 5.16. The lowest BCUT2D eigenvalue weighted by atomic mass is 10.2. The lowest BCUT2D eigenvalue weighted by Gasteiger charge is -2.21. The van der Waals surface area contributed by atoms with E-state index in [0.29, 0.717) is 19.8 Å². The third-order valence-corrected chi connectivity index (χ3v) is 4.11. The van der Waals surface area contributed by atoms with Gasteiger partial charge in [-0.2, -0.15) is 0 Å². The fourth-order valence-corrected chi connectivity index (χ4v) is 2.66. The molecule has 3 rings (SSSR count). The van der Waals surface area contributed by atoms with E-state index in [-0.39, 0.29) is 0 Å². The number of benzene rings is 3. The Morgan fingerprint density at radius 2 is 1.04 bits per heavy atom. The van der Waals surface area contributed by atoms with E-state index < -0.39 is 0 Å². The maximum absolute atomic E-state index is 5.90. The Labute approximate surface area is 155 Å². The van der Waals surface area contributed by atoms with Gasteiger partial charge in [-0.25, -0.2) is 0 Å². The highest BCUT2D eigenvalue weighted by Crippen LogP contribution is 2.08. The molecule has 134 valence electrons. The molecule has 0 amide bonds. The van der Waals surface area contributed by atoms with Crippen LogP contribution in [0.4, 0.5) is 0 Å². The molecule has 0 saturated carbocycles. The number of rotatable bonds is 10. The van der Waals surface area contributed by atoms with Crippen molar-refractivity contribution in [2.75, 3.05) is 13.2 Å². The van der Waals surface area contributed by atoms with Crippen LogP contribution in [-0.4, -0.2) is 18.4 Å². The lowest BCUT2D eigenvalue weighted by Crippen LogP contribution is -2.28. The van der Waals surface area contributed by atoms with Gasteiger partial charge in [0.15, 0.2) is 0 Å². The number of nitrogens with zero attached hydrogens (tertiary/aromatic N) is 1. The Kier molecular flexibility index (Phi) is 7.41. The summed E-state index contributed by atoms with van der Waals surface area (Å²) in [5.41, 5.74) is 3.66. The van der Waals surface area contributed by atoms with E-state index in [4.69, 9.17) is 9.68 Å². The van der Waals surface area contributed by atoms with E-state index in [2.05, 4.69) is 60.7 Å². The summed E-state index contributed by atoms with van der Waals surface area (Å²) in [6.45, 7) is 1.78. The fraction of sp³-hybridized carbons (Fsp3) is 0.217. The van der Waals surface area contributed by atoms with Gasteiger partial charge < -0.3 is 0 Å². The van der Waals surface area contributed by atoms with Crippen molar-refractivity contribution in [3.63, 3.8) is 0 Å². The SMILES string of the molecule is c1ccc(CCON(CCc2ccccc2)OCc2ccccc2)cc1. The van der Waals surface area contributed by atoms with Crippen molar-refractivity contribution >= 4 is 0 Å². The first-order chi connectivity index (χ1) is 12.9. The zero-order valence-electron chi connectivity index (χ0n) is 15.0. The summed E-state index contributed by atoms with van der Waals surface area (Å²) in [4.78, 5) is 11.8. The van der Waals surface area contributed by atoms with Crippen molar-refractivity contribution < 1.29 is 9.68 Å². The van der Waals surface area contributed by atoms with Crippen LogP contribution in [0.15, 0.2) is 91.0 Å². The van der Waals surface area contributed by atoms with Crippen LogP contribution in [-0.2, 0) is 29.1 Å². The first kappa shape index (κ1) is 18.3. The molecule has 0 saturated heterocycles. The summed E-state index contributed by atoms with van der Waals surface area (Å²) < 4.78 is 0. The molecule has 0 unspecified atom stereocenters. The molecule has 0 bridgehead atoms. The zero-order chi connectivity index (χ0) is 17.9. The molecule has 3 aromatic rings. The molecule has 0 aliphatic heterocycles. The van der Waals surface area contributed by atoms with Crippen molar-refractivity contribution in [2.45, 2.75) is 19.4 Å². The number of hydrogen-bond acceptors (Lipinski definition) is 3. The molecule has 0 aliphatic carbocycles. The van der Waals surface area contributed by atoms with Crippen LogP contribution in [0.25, 0.3) is 0 Å². The largest absolute Gasteiger partial charge is 0.274 e. The molecule has 0 N–H and O–H groups in total. The van der Waals surface area contributed by atoms with E-state index in [1.165, 1.54) is 11.1 Å². The highest BCUT2D eigenvalue weighted by Gasteiger charge is 2.08. The van der Waals surface area contributed by atoms with Crippen LogP contribution in [0.2, 0.25) is 0 Å². The predicted molar refractivity (Wildman–Crippen MR) is 104 cm³/mol. The van der Waals surface area contributed by atoms with Crippen LogP contribution in [0.1, 0.15) is 16.7 Å². The summed E-state index contributed by atoms with van der Waals surface area (Å²) in [7, 11) is 0. The zero-order valence-corrected chi connectivity index (χ0v) is 15.0. The van der Waals surface area contributed by atoms with Gasteiger partial charge in [0, 0.05) is 0 Å². The predicted octanol–water partition coefficient (Wildman–Crippen LogP) is 4.84. The minimum atomic E-state index is 0.501. The van der Waals surface area contributed by atoms with Crippen LogP contribution < -0.4 is 0 Å². The molecule has 0 fully saturated rings. The third kappa shape index (κ3) is 6.45. The van der Waals surface area contributed by atoms with Crippen LogP contribution in [0, 0.1) is 0 Å². The Bertz CT molecular complexity index is 688. The molecule has 0 heterocycles. The first-order valence-electron chi connectivity index (χ1n) is 9.05. The van der Waals surface area contributed by atoms with Crippen molar-refractivity contribution in [3.8, 4) is 0 Å². The van der Waals surface area contributed by atoms with Gasteiger partial charge in [-0.15, -0.1) is 0 Å². The fourth-order valence-electron chi connectivity index (χ4n) is 2.66. The highest BCUT2D eigenvalue weighted by atomic mass is 16.9. The van der Waals surface area contributed by atoms with Gasteiger partial charge in [0.2, 0.25) is 0 Å². The molecule has 3 aromatic carbocycles. The number of hydroxylamine groups is 2. The maximum atomic E-state index is 5.90. The molecule has 0 atom stereocenters. The Morgan fingerprint density at radius 1 is 0.538 bits per heavy atom. The summed E-state index contributed by atoms with van der Waals surface area (Å²) in [5, 5.41) is 1.63. The van der Waals surface area contributed by atoms with Crippen molar-refractivity contribution in [1.82, 2.24) is 5.23 Å². The number of hydrogen-bond donors (Lipinski definition) is 0. The van der Waals surface area contributed by atoms with Crippen LogP contribution >= 0.6 is 0 Å². The summed E-state index contributed by atoms with van der Waals surface area (Å²) >= 11 is 0. The minimum Gasteiger partial charge on any atom is -0.274 e. The summed E-state index contributed by atoms with van der Waals surface area (Å²) in [6.07, 6.45) is 1.73. The van der Waals surface area contributed by atoms with Gasteiger partial charge in [0.1, 0.15) is 0 Å². The quantitative estimate of drug-likeness (QED) is 0.490. The molecular weight excluding hydrogens is 322 g/mol. The van der Waals surface area contributed by atoms with Crippen molar-refractivity contribution in [3.05, 3.63) is 108 Å². The Balaban J connectivity index is 1.51. The van der Waals surface area contributed by atoms with Crippen molar-refractivity contribution in [2.24, 2.45) is 0 Å². The molecule has 3 heteroatoms.